The van der Waals surface area contributed by atoms with Gasteiger partial charge >= 0.3 is 0 Å². The molecule has 1 aliphatic rings. The lowest BCUT2D eigenvalue weighted by Crippen LogP contribution is -2.33. The fourth-order valence-corrected chi connectivity index (χ4v) is 10.5. The van der Waals surface area contributed by atoms with Crippen LogP contribution in [0.1, 0.15) is 22.9 Å². The Morgan fingerprint density at radius 2 is 1.02 bits per heavy atom. The molecule has 66 heavy (non-hydrogen) atoms. The number of aliphatic imine (C=N–C) groups is 2. The molecule has 14 aromatic rings. The van der Waals surface area contributed by atoms with Gasteiger partial charge in [-0.05, 0) is 94.5 Å². The number of nitrogens with one attached hydrogen (secondary N) is 1. The smallest absolute Gasteiger partial charge is 0.159 e. The lowest BCUT2D eigenvalue weighted by Gasteiger charge is -2.24. The van der Waals surface area contributed by atoms with Gasteiger partial charge in [0.1, 0.15) is 45.5 Å². The summed E-state index contributed by atoms with van der Waals surface area (Å²) >= 11 is 0. The maximum atomic E-state index is 6.84. The SMILES string of the molecule is c1ccc2cc3c(cc2c1)c1ccc2ccccc2c1n3-c1cc(C2=NC(c3ccc4oc5ccccc5c4c3)=NC(c3ccc4oc5ccccc5c4c3)N2)cc2oc3ccccc3c12. The third-order valence-electron chi connectivity index (χ3n) is 13.6. The van der Waals surface area contributed by atoms with E-state index < -0.39 is 6.17 Å². The molecular weight excluding hydrogens is 813 g/mol. The molecule has 15 rings (SSSR count). The van der Waals surface area contributed by atoms with Gasteiger partial charge in [0.2, 0.25) is 0 Å². The van der Waals surface area contributed by atoms with E-state index >= 15 is 0 Å². The van der Waals surface area contributed by atoms with Gasteiger partial charge < -0.3 is 23.1 Å². The second kappa shape index (κ2) is 13.3. The van der Waals surface area contributed by atoms with Crippen LogP contribution < -0.4 is 5.32 Å². The first-order valence-corrected chi connectivity index (χ1v) is 22.2. The minimum atomic E-state index is -0.485. The fourth-order valence-electron chi connectivity index (χ4n) is 10.5. The van der Waals surface area contributed by atoms with E-state index in [-0.39, 0.29) is 0 Å². The number of para-hydroxylation sites is 3. The summed E-state index contributed by atoms with van der Waals surface area (Å²) in [5, 5.41) is 17.2. The van der Waals surface area contributed by atoms with Crippen molar-refractivity contribution < 1.29 is 13.3 Å². The zero-order valence-electron chi connectivity index (χ0n) is 35.1. The molecule has 0 fully saturated rings. The fraction of sp³-hybridized carbons (Fsp3) is 0.0169. The standard InChI is InChI=1S/C59H34N4O3/c1-2-13-35-30-47-44(27-34(35)12-1)42-24-21-33-11-3-4-14-39(33)56(42)63(47)48-31-38(32-54-55(48)43-17-7-10-20-51(43)66-54)59-61-57(36-22-25-52-45(28-36)40-15-5-8-18-49(40)64-52)60-58(62-59)37-23-26-53-46(29-37)41-16-6-9-19-50(41)65-53/h1-32,57H,(H,60,61,62). The van der Waals surface area contributed by atoms with Crippen molar-refractivity contribution in [3.63, 3.8) is 0 Å². The molecule has 1 unspecified atom stereocenters. The Hall–Kier alpha value is -8.94. The van der Waals surface area contributed by atoms with Gasteiger partial charge in [-0.15, -0.1) is 0 Å². The van der Waals surface area contributed by atoms with Gasteiger partial charge in [0.25, 0.3) is 0 Å². The average Bonchev–Trinajstić information content (AvgIpc) is 4.14. The van der Waals surface area contributed by atoms with Crippen molar-refractivity contribution in [2.24, 2.45) is 9.98 Å². The summed E-state index contributed by atoms with van der Waals surface area (Å²) in [6.07, 6.45) is -0.485. The van der Waals surface area contributed by atoms with Crippen molar-refractivity contribution in [2.75, 3.05) is 0 Å². The Labute approximate surface area is 375 Å². The van der Waals surface area contributed by atoms with Crippen molar-refractivity contribution in [3.8, 4) is 5.69 Å². The molecule has 5 heterocycles. The van der Waals surface area contributed by atoms with Crippen LogP contribution in [0.15, 0.2) is 217 Å². The molecule has 1 aliphatic heterocycles. The van der Waals surface area contributed by atoms with E-state index in [1.807, 2.05) is 54.6 Å². The number of benzene rings is 10. The van der Waals surface area contributed by atoms with Crippen molar-refractivity contribution in [3.05, 3.63) is 211 Å². The third-order valence-corrected chi connectivity index (χ3v) is 13.6. The predicted octanol–water partition coefficient (Wildman–Crippen LogP) is 15.3. The second-order valence-corrected chi connectivity index (χ2v) is 17.3. The largest absolute Gasteiger partial charge is 0.456 e. The third kappa shape index (κ3) is 5.13. The van der Waals surface area contributed by atoms with Crippen LogP contribution in [0.25, 0.3) is 115 Å². The molecule has 308 valence electrons. The number of hydrogen-bond acceptors (Lipinski definition) is 6. The van der Waals surface area contributed by atoms with Crippen molar-refractivity contribution in [1.29, 1.82) is 0 Å². The monoisotopic (exact) mass is 846 g/mol. The second-order valence-electron chi connectivity index (χ2n) is 17.3. The van der Waals surface area contributed by atoms with Gasteiger partial charge in [-0.3, -0.25) is 0 Å². The van der Waals surface area contributed by atoms with Crippen molar-refractivity contribution in [1.82, 2.24) is 9.88 Å². The van der Waals surface area contributed by atoms with Crippen molar-refractivity contribution in [2.45, 2.75) is 6.17 Å². The Kier molecular flexibility index (Phi) is 7.15. The summed E-state index contributed by atoms with van der Waals surface area (Å²) in [6, 6.07) is 68.1. The maximum absolute atomic E-state index is 6.84. The number of fused-ring (bicyclic) bond motifs is 15. The van der Waals surface area contributed by atoms with E-state index in [2.05, 4.69) is 149 Å². The number of rotatable bonds is 4. The number of furan rings is 3. The number of aromatic nitrogens is 1. The van der Waals surface area contributed by atoms with Crippen LogP contribution in [0.4, 0.5) is 0 Å². The molecule has 0 spiro atoms. The summed E-state index contributed by atoms with van der Waals surface area (Å²) in [6.45, 7) is 0. The van der Waals surface area contributed by atoms with Gasteiger partial charge in [-0.1, -0.05) is 121 Å². The molecular formula is C59H34N4O3. The van der Waals surface area contributed by atoms with Gasteiger partial charge in [0, 0.05) is 54.2 Å². The van der Waals surface area contributed by atoms with Gasteiger partial charge in [0.15, 0.2) is 5.84 Å². The van der Waals surface area contributed by atoms with E-state index in [0.717, 1.165) is 99.2 Å². The van der Waals surface area contributed by atoms with Crippen LogP contribution >= 0.6 is 0 Å². The zero-order chi connectivity index (χ0) is 43.0. The molecule has 0 bridgehead atoms. The number of hydrogen-bond donors (Lipinski definition) is 1. The molecule has 10 aromatic carbocycles. The molecule has 0 saturated heterocycles. The van der Waals surface area contributed by atoms with Crippen LogP contribution in [0, 0.1) is 0 Å². The molecule has 0 aliphatic carbocycles. The van der Waals surface area contributed by atoms with E-state index in [0.29, 0.717) is 11.7 Å². The normalized spacial score (nSPS) is 14.5. The summed E-state index contributed by atoms with van der Waals surface area (Å²) < 4.78 is 21.8. The van der Waals surface area contributed by atoms with Crippen LogP contribution in [0.3, 0.4) is 0 Å². The average molecular weight is 847 g/mol. The first kappa shape index (κ1) is 35.5. The molecule has 0 saturated carbocycles. The molecule has 7 heteroatoms. The van der Waals surface area contributed by atoms with Gasteiger partial charge in [-0.25, -0.2) is 9.98 Å². The quantitative estimate of drug-likeness (QED) is 0.191. The highest BCUT2D eigenvalue weighted by atomic mass is 16.3. The molecule has 1 atom stereocenters. The van der Waals surface area contributed by atoms with Crippen LogP contribution in [-0.2, 0) is 0 Å². The molecule has 0 amide bonds. The summed E-state index contributed by atoms with van der Waals surface area (Å²) in [7, 11) is 0. The van der Waals surface area contributed by atoms with E-state index in [1.54, 1.807) is 0 Å². The first-order valence-electron chi connectivity index (χ1n) is 22.2. The van der Waals surface area contributed by atoms with Crippen LogP contribution in [0.5, 0.6) is 0 Å². The lowest BCUT2D eigenvalue weighted by atomic mass is 10.0. The summed E-state index contributed by atoms with van der Waals surface area (Å²) in [5.41, 5.74) is 10.9. The molecule has 7 nitrogen and oxygen atoms in total. The Morgan fingerprint density at radius 1 is 0.409 bits per heavy atom. The van der Waals surface area contributed by atoms with E-state index in [1.165, 1.54) is 32.3 Å². The highest BCUT2D eigenvalue weighted by Gasteiger charge is 2.27. The first-order chi connectivity index (χ1) is 32.7. The number of nitrogens with zero attached hydrogens (tertiary/aromatic N) is 3. The topological polar surface area (TPSA) is 81.1 Å². The van der Waals surface area contributed by atoms with E-state index in [9.17, 15) is 0 Å². The highest BCUT2D eigenvalue weighted by molar-refractivity contribution is 6.23. The lowest BCUT2D eigenvalue weighted by molar-refractivity contribution is 0.662. The Balaban J connectivity index is 1.01. The molecule has 0 radical (unpaired) electrons. The van der Waals surface area contributed by atoms with Crippen LogP contribution in [0.2, 0.25) is 0 Å². The minimum absolute atomic E-state index is 0.485. The Bertz CT molecular complexity index is 4460. The number of amidine groups is 2. The van der Waals surface area contributed by atoms with Gasteiger partial charge in [0.05, 0.1) is 22.1 Å². The minimum Gasteiger partial charge on any atom is -0.456 e. The maximum Gasteiger partial charge on any atom is 0.159 e. The van der Waals surface area contributed by atoms with Crippen LogP contribution in [-0.4, -0.2) is 16.2 Å². The van der Waals surface area contributed by atoms with Gasteiger partial charge in [-0.2, -0.15) is 0 Å². The summed E-state index contributed by atoms with van der Waals surface area (Å²) in [4.78, 5) is 10.8. The van der Waals surface area contributed by atoms with Crippen molar-refractivity contribution >= 4 is 121 Å². The molecule has 4 aromatic heterocycles. The Morgan fingerprint density at radius 3 is 1.79 bits per heavy atom. The predicted molar refractivity (Wildman–Crippen MR) is 269 cm³/mol. The zero-order valence-corrected chi connectivity index (χ0v) is 35.1. The van der Waals surface area contributed by atoms with E-state index in [4.69, 9.17) is 23.2 Å². The molecule has 1 N–H and O–H groups in total. The summed E-state index contributed by atoms with van der Waals surface area (Å²) in [5.74, 6) is 1.29. The highest BCUT2D eigenvalue weighted by Crippen LogP contribution is 2.43.